The molecule has 0 spiro atoms. The maximum Gasteiger partial charge on any atom is 0.0998 e. The van der Waals surface area contributed by atoms with Crippen molar-refractivity contribution in [1.29, 1.82) is 10.5 Å². The summed E-state index contributed by atoms with van der Waals surface area (Å²) in [5.41, 5.74) is 4.32. The quantitative estimate of drug-likeness (QED) is 0.708. The molecular weight excluding hydrogens is 270 g/mol. The van der Waals surface area contributed by atoms with E-state index in [1.54, 1.807) is 24.4 Å². The van der Waals surface area contributed by atoms with Crippen molar-refractivity contribution in [2.75, 3.05) is 0 Å². The minimum Gasteiger partial charge on any atom is -0.256 e. The lowest BCUT2D eigenvalue weighted by atomic mass is 9.94. The first-order valence-electron chi connectivity index (χ1n) is 6.78. The van der Waals surface area contributed by atoms with E-state index in [1.807, 2.05) is 42.5 Å². The van der Waals surface area contributed by atoms with E-state index in [4.69, 9.17) is 0 Å². The first-order valence-corrected chi connectivity index (χ1v) is 6.78. The second-order valence-corrected chi connectivity index (χ2v) is 4.75. The van der Waals surface area contributed by atoms with Gasteiger partial charge >= 0.3 is 0 Å². The van der Waals surface area contributed by atoms with Crippen LogP contribution in [-0.4, -0.2) is 4.98 Å². The van der Waals surface area contributed by atoms with E-state index in [9.17, 15) is 10.5 Å². The van der Waals surface area contributed by atoms with Crippen LogP contribution >= 0.6 is 0 Å². The molecule has 1 heterocycles. The maximum absolute atomic E-state index is 9.31. The fourth-order valence-electron chi connectivity index (χ4n) is 2.42. The summed E-state index contributed by atoms with van der Waals surface area (Å²) in [5.74, 6) is 0. The number of aromatic nitrogens is 1. The molecule has 102 valence electrons. The molecule has 3 aromatic rings. The molecule has 0 atom stereocenters. The van der Waals surface area contributed by atoms with Crippen molar-refractivity contribution in [2.45, 2.75) is 0 Å². The molecule has 0 N–H and O–H groups in total. The lowest BCUT2D eigenvalue weighted by Crippen LogP contribution is -1.90. The third-order valence-electron chi connectivity index (χ3n) is 3.42. The molecule has 3 rings (SSSR count). The minimum absolute atomic E-state index is 0.497. The van der Waals surface area contributed by atoms with Gasteiger partial charge in [-0.1, -0.05) is 30.3 Å². The Balaban J connectivity index is 2.20. The van der Waals surface area contributed by atoms with Crippen molar-refractivity contribution in [3.05, 3.63) is 78.0 Å². The van der Waals surface area contributed by atoms with Crippen LogP contribution in [0.15, 0.2) is 66.9 Å². The topological polar surface area (TPSA) is 60.5 Å². The lowest BCUT2D eigenvalue weighted by Gasteiger charge is -2.08. The summed E-state index contributed by atoms with van der Waals surface area (Å²) in [7, 11) is 0. The molecule has 0 bridgehead atoms. The largest absolute Gasteiger partial charge is 0.256 e. The molecule has 22 heavy (non-hydrogen) atoms. The summed E-state index contributed by atoms with van der Waals surface area (Å²) in [6.07, 6.45) is 1.74. The number of rotatable bonds is 2. The number of nitrogens with zero attached hydrogens (tertiary/aromatic N) is 3. The van der Waals surface area contributed by atoms with E-state index < -0.39 is 0 Å². The summed E-state index contributed by atoms with van der Waals surface area (Å²) >= 11 is 0. The van der Waals surface area contributed by atoms with E-state index in [2.05, 4.69) is 17.1 Å². The van der Waals surface area contributed by atoms with Crippen molar-refractivity contribution in [2.24, 2.45) is 0 Å². The Labute approximate surface area is 128 Å². The summed E-state index contributed by atoms with van der Waals surface area (Å²) in [5, 5.41) is 18.6. The number of benzene rings is 2. The van der Waals surface area contributed by atoms with Crippen LogP contribution in [0.4, 0.5) is 0 Å². The van der Waals surface area contributed by atoms with Gasteiger partial charge in [0, 0.05) is 17.3 Å². The van der Waals surface area contributed by atoms with Crippen molar-refractivity contribution < 1.29 is 0 Å². The fourth-order valence-corrected chi connectivity index (χ4v) is 2.42. The molecule has 0 saturated heterocycles. The SMILES string of the molecule is N#Cc1cccc(C#N)c1-c1cccc(-c2ccccn2)c1. The molecule has 0 aliphatic rings. The Morgan fingerprint density at radius 3 is 2.05 bits per heavy atom. The Bertz CT molecular complexity index is 868. The van der Waals surface area contributed by atoms with Crippen LogP contribution in [0.2, 0.25) is 0 Å². The summed E-state index contributed by atoms with van der Waals surface area (Å²) in [6.45, 7) is 0. The monoisotopic (exact) mass is 281 g/mol. The van der Waals surface area contributed by atoms with Gasteiger partial charge in [0.15, 0.2) is 0 Å². The second-order valence-electron chi connectivity index (χ2n) is 4.75. The van der Waals surface area contributed by atoms with Gasteiger partial charge < -0.3 is 0 Å². The number of pyridine rings is 1. The van der Waals surface area contributed by atoms with Gasteiger partial charge in [-0.05, 0) is 35.9 Å². The van der Waals surface area contributed by atoms with Crippen LogP contribution in [0.1, 0.15) is 11.1 Å². The fraction of sp³-hybridized carbons (Fsp3) is 0. The van der Waals surface area contributed by atoms with Gasteiger partial charge in [-0.25, -0.2) is 0 Å². The van der Waals surface area contributed by atoms with E-state index in [-0.39, 0.29) is 0 Å². The van der Waals surface area contributed by atoms with E-state index in [1.165, 1.54) is 0 Å². The lowest BCUT2D eigenvalue weighted by molar-refractivity contribution is 1.33. The van der Waals surface area contributed by atoms with Crippen molar-refractivity contribution >= 4 is 0 Å². The molecule has 3 nitrogen and oxygen atoms in total. The van der Waals surface area contributed by atoms with E-state index in [0.717, 1.165) is 16.8 Å². The Hall–Kier alpha value is -3.43. The molecule has 0 fully saturated rings. The molecule has 0 radical (unpaired) electrons. The summed E-state index contributed by atoms with van der Waals surface area (Å²) < 4.78 is 0. The number of hydrogen-bond acceptors (Lipinski definition) is 3. The van der Waals surface area contributed by atoms with Gasteiger partial charge in [0.25, 0.3) is 0 Å². The summed E-state index contributed by atoms with van der Waals surface area (Å²) in [6, 6.07) is 23.0. The highest BCUT2D eigenvalue weighted by atomic mass is 14.7. The average molecular weight is 281 g/mol. The van der Waals surface area contributed by atoms with E-state index in [0.29, 0.717) is 16.7 Å². The highest BCUT2D eigenvalue weighted by molar-refractivity contribution is 5.79. The van der Waals surface area contributed by atoms with Gasteiger partial charge in [-0.15, -0.1) is 0 Å². The van der Waals surface area contributed by atoms with Crippen LogP contribution in [0.25, 0.3) is 22.4 Å². The van der Waals surface area contributed by atoms with Crippen molar-refractivity contribution in [3.63, 3.8) is 0 Å². The Kier molecular flexibility index (Phi) is 3.64. The molecule has 2 aromatic carbocycles. The predicted octanol–water partition coefficient (Wildman–Crippen LogP) is 4.16. The standard InChI is InChI=1S/C19H11N3/c20-12-16-7-4-8-17(13-21)19(16)15-6-3-5-14(11-15)18-9-1-2-10-22-18/h1-11H. The Morgan fingerprint density at radius 2 is 1.41 bits per heavy atom. The van der Waals surface area contributed by atoms with Gasteiger partial charge in [0.05, 0.1) is 29.0 Å². The van der Waals surface area contributed by atoms with Crippen LogP contribution in [0, 0.1) is 22.7 Å². The minimum atomic E-state index is 0.497. The predicted molar refractivity (Wildman–Crippen MR) is 84.5 cm³/mol. The third-order valence-corrected chi connectivity index (χ3v) is 3.42. The number of nitriles is 2. The molecule has 0 aliphatic carbocycles. The molecule has 0 unspecified atom stereocenters. The zero-order valence-electron chi connectivity index (χ0n) is 11.7. The average Bonchev–Trinajstić information content (AvgIpc) is 2.61. The number of hydrogen-bond donors (Lipinski definition) is 0. The highest BCUT2D eigenvalue weighted by Gasteiger charge is 2.11. The normalized spacial score (nSPS) is 9.73. The Morgan fingerprint density at radius 1 is 0.727 bits per heavy atom. The zero-order chi connectivity index (χ0) is 15.4. The molecule has 0 aliphatic heterocycles. The molecule has 1 aromatic heterocycles. The highest BCUT2D eigenvalue weighted by Crippen LogP contribution is 2.30. The molecule has 0 amide bonds. The van der Waals surface area contributed by atoms with Crippen molar-refractivity contribution in [1.82, 2.24) is 4.98 Å². The van der Waals surface area contributed by atoms with Crippen molar-refractivity contribution in [3.8, 4) is 34.5 Å². The van der Waals surface area contributed by atoms with Crippen LogP contribution in [0.5, 0.6) is 0 Å². The maximum atomic E-state index is 9.31. The first-order chi connectivity index (χ1) is 10.8. The van der Waals surface area contributed by atoms with Crippen LogP contribution in [-0.2, 0) is 0 Å². The summed E-state index contributed by atoms with van der Waals surface area (Å²) in [4.78, 5) is 4.34. The van der Waals surface area contributed by atoms with Gasteiger partial charge in [0.1, 0.15) is 0 Å². The van der Waals surface area contributed by atoms with Crippen LogP contribution in [0.3, 0.4) is 0 Å². The van der Waals surface area contributed by atoms with Gasteiger partial charge in [-0.2, -0.15) is 10.5 Å². The van der Waals surface area contributed by atoms with E-state index >= 15 is 0 Å². The first kappa shape index (κ1) is 13.5. The van der Waals surface area contributed by atoms with Crippen LogP contribution < -0.4 is 0 Å². The second kappa shape index (κ2) is 5.91. The molecule has 3 heteroatoms. The smallest absolute Gasteiger partial charge is 0.0998 e. The zero-order valence-corrected chi connectivity index (χ0v) is 11.7. The molecular formula is C19H11N3. The molecule has 0 saturated carbocycles. The van der Waals surface area contributed by atoms with Gasteiger partial charge in [-0.3, -0.25) is 4.98 Å². The van der Waals surface area contributed by atoms with Gasteiger partial charge in [0.2, 0.25) is 0 Å². The third kappa shape index (κ3) is 2.44.